The molecule has 8 heteroatoms. The number of anilines is 1. The maximum Gasteiger partial charge on any atom is 0.251 e. The molecule has 2 rings (SSSR count). The maximum atomic E-state index is 12.1. The van der Waals surface area contributed by atoms with Crippen molar-refractivity contribution in [1.82, 2.24) is 10.6 Å². The normalized spacial score (nSPS) is 17.4. The fourth-order valence-corrected chi connectivity index (χ4v) is 3.99. The Hall–Kier alpha value is -1.31. The van der Waals surface area contributed by atoms with E-state index in [0.717, 1.165) is 19.5 Å². The number of piperidine rings is 1. The Morgan fingerprint density at radius 3 is 2.60 bits per heavy atom. The van der Waals surface area contributed by atoms with E-state index < -0.39 is 10.0 Å². The molecule has 0 spiro atoms. The Morgan fingerprint density at radius 1 is 1.28 bits per heavy atom. The number of halogens is 1. The molecule has 25 heavy (non-hydrogen) atoms. The summed E-state index contributed by atoms with van der Waals surface area (Å²) in [5.41, 5.74) is 1.02. The van der Waals surface area contributed by atoms with Gasteiger partial charge in [0.15, 0.2) is 0 Å². The van der Waals surface area contributed by atoms with E-state index in [2.05, 4.69) is 15.4 Å². The predicted octanol–water partition coefficient (Wildman–Crippen LogP) is 2.38. The average molecular weight is 390 g/mol. The number of hydrogen-bond donors (Lipinski definition) is 3. The Morgan fingerprint density at radius 2 is 2.00 bits per heavy atom. The van der Waals surface area contributed by atoms with Gasteiger partial charge in [0.1, 0.15) is 0 Å². The molecule has 1 heterocycles. The number of nitrogens with one attached hydrogen (secondary N) is 3. The molecule has 3 N–H and O–H groups in total. The van der Waals surface area contributed by atoms with Crippen LogP contribution in [0, 0.1) is 5.92 Å². The van der Waals surface area contributed by atoms with Crippen LogP contribution in [0.3, 0.4) is 0 Å². The molecule has 0 bridgehead atoms. The monoisotopic (exact) mass is 389 g/mol. The molecule has 1 aliphatic rings. The van der Waals surface area contributed by atoms with Crippen LogP contribution in [0.2, 0.25) is 0 Å². The zero-order valence-corrected chi connectivity index (χ0v) is 16.2. The van der Waals surface area contributed by atoms with Crippen molar-refractivity contribution in [2.45, 2.75) is 32.6 Å². The second-order valence-corrected chi connectivity index (χ2v) is 8.10. The van der Waals surface area contributed by atoms with E-state index >= 15 is 0 Å². The molecule has 6 nitrogen and oxygen atoms in total. The van der Waals surface area contributed by atoms with Crippen molar-refractivity contribution in [2.75, 3.05) is 30.1 Å². The second-order valence-electron chi connectivity index (χ2n) is 6.26. The molecule has 1 fully saturated rings. The van der Waals surface area contributed by atoms with Crippen molar-refractivity contribution in [1.29, 1.82) is 0 Å². The first kappa shape index (κ1) is 21.7. The molecular formula is C17H28ClN3O3S. The molecule has 1 aliphatic heterocycles. The van der Waals surface area contributed by atoms with Gasteiger partial charge in [-0.25, -0.2) is 8.42 Å². The van der Waals surface area contributed by atoms with E-state index in [1.807, 2.05) is 6.92 Å². The first-order chi connectivity index (χ1) is 11.5. The average Bonchev–Trinajstić information content (AvgIpc) is 2.56. The minimum absolute atomic E-state index is 0. The van der Waals surface area contributed by atoms with Crippen molar-refractivity contribution in [3.8, 4) is 0 Å². The smallest absolute Gasteiger partial charge is 0.251 e. The highest BCUT2D eigenvalue weighted by molar-refractivity contribution is 7.92. The number of amides is 1. The van der Waals surface area contributed by atoms with Gasteiger partial charge < -0.3 is 10.6 Å². The number of hydrogen-bond acceptors (Lipinski definition) is 4. The van der Waals surface area contributed by atoms with Crippen molar-refractivity contribution >= 4 is 34.0 Å². The van der Waals surface area contributed by atoms with Crippen LogP contribution in [-0.2, 0) is 10.0 Å². The van der Waals surface area contributed by atoms with Crippen LogP contribution >= 0.6 is 12.4 Å². The molecule has 1 aromatic rings. The summed E-state index contributed by atoms with van der Waals surface area (Å²) in [6, 6.07) is 6.52. The van der Waals surface area contributed by atoms with Crippen LogP contribution in [0.4, 0.5) is 5.69 Å². The standard InChI is InChI=1S/C17H27N3O3S.ClH/c1-2-12-24(22,23)20-16-7-5-15(6-8-16)17(21)19-11-9-14-4-3-10-18-13-14;/h5-8,14,18,20H,2-4,9-13H2,1H3,(H,19,21);1H. The van der Waals surface area contributed by atoms with Gasteiger partial charge in [0.2, 0.25) is 10.0 Å². The van der Waals surface area contributed by atoms with Gasteiger partial charge in [0.05, 0.1) is 5.75 Å². The predicted molar refractivity (Wildman–Crippen MR) is 104 cm³/mol. The molecule has 142 valence electrons. The van der Waals surface area contributed by atoms with Gasteiger partial charge in [-0.2, -0.15) is 0 Å². The molecule has 0 aromatic heterocycles. The molecule has 1 atom stereocenters. The lowest BCUT2D eigenvalue weighted by Crippen LogP contribution is -2.33. The zero-order chi connectivity index (χ0) is 17.4. The number of sulfonamides is 1. The van der Waals surface area contributed by atoms with Crippen molar-refractivity contribution < 1.29 is 13.2 Å². The minimum atomic E-state index is -3.30. The fraction of sp³-hybridized carbons (Fsp3) is 0.588. The number of benzene rings is 1. The number of rotatable bonds is 8. The third kappa shape index (κ3) is 7.63. The molecule has 0 aliphatic carbocycles. The van der Waals surface area contributed by atoms with Crippen molar-refractivity contribution in [3.05, 3.63) is 29.8 Å². The Labute approximate surface area is 156 Å². The number of carbonyl (C=O) groups excluding carboxylic acids is 1. The zero-order valence-electron chi connectivity index (χ0n) is 14.6. The van der Waals surface area contributed by atoms with Crippen LogP contribution in [0.5, 0.6) is 0 Å². The quantitative estimate of drug-likeness (QED) is 0.637. The fourth-order valence-electron chi connectivity index (χ4n) is 2.85. The summed E-state index contributed by atoms with van der Waals surface area (Å²) in [5.74, 6) is 0.599. The molecule has 1 unspecified atom stereocenters. The van der Waals surface area contributed by atoms with E-state index in [1.54, 1.807) is 24.3 Å². The largest absolute Gasteiger partial charge is 0.352 e. The van der Waals surface area contributed by atoms with Crippen molar-refractivity contribution in [2.24, 2.45) is 5.92 Å². The summed E-state index contributed by atoms with van der Waals surface area (Å²) >= 11 is 0. The first-order valence-corrected chi connectivity index (χ1v) is 10.2. The molecule has 0 radical (unpaired) electrons. The van der Waals surface area contributed by atoms with Gasteiger partial charge in [-0.1, -0.05) is 6.92 Å². The molecule has 1 aromatic carbocycles. The van der Waals surface area contributed by atoms with Crippen molar-refractivity contribution in [3.63, 3.8) is 0 Å². The molecular weight excluding hydrogens is 362 g/mol. The number of carbonyl (C=O) groups is 1. The van der Waals surface area contributed by atoms with Gasteiger partial charge in [-0.05, 0) is 69.0 Å². The minimum Gasteiger partial charge on any atom is -0.352 e. The SMILES string of the molecule is CCCS(=O)(=O)Nc1ccc(C(=O)NCCC2CCCNC2)cc1.Cl. The lowest BCUT2D eigenvalue weighted by Gasteiger charge is -2.22. The molecule has 1 saturated heterocycles. The van der Waals surface area contributed by atoms with Crippen LogP contribution < -0.4 is 15.4 Å². The van der Waals surface area contributed by atoms with Crippen LogP contribution in [-0.4, -0.2) is 39.7 Å². The Balaban J connectivity index is 0.00000312. The topological polar surface area (TPSA) is 87.3 Å². The van der Waals surface area contributed by atoms with E-state index in [-0.39, 0.29) is 24.1 Å². The Bertz CT molecular complexity index is 629. The summed E-state index contributed by atoms with van der Waals surface area (Å²) < 4.78 is 25.9. The second kappa shape index (κ2) is 10.6. The molecule has 1 amide bonds. The van der Waals surface area contributed by atoms with Crippen LogP contribution in [0.25, 0.3) is 0 Å². The first-order valence-electron chi connectivity index (χ1n) is 8.59. The van der Waals surface area contributed by atoms with Gasteiger partial charge in [0, 0.05) is 17.8 Å². The van der Waals surface area contributed by atoms with Crippen LogP contribution in [0.15, 0.2) is 24.3 Å². The third-order valence-electron chi connectivity index (χ3n) is 4.13. The van der Waals surface area contributed by atoms with Gasteiger partial charge in [-0.15, -0.1) is 12.4 Å². The van der Waals surface area contributed by atoms with E-state index in [0.29, 0.717) is 30.1 Å². The summed E-state index contributed by atoms with van der Waals surface area (Å²) in [6.07, 6.45) is 3.96. The highest BCUT2D eigenvalue weighted by Crippen LogP contribution is 2.14. The Kier molecular flexibility index (Phi) is 9.24. The van der Waals surface area contributed by atoms with Gasteiger partial charge in [0.25, 0.3) is 5.91 Å². The summed E-state index contributed by atoms with van der Waals surface area (Å²) in [5, 5.41) is 6.30. The van der Waals surface area contributed by atoms with Crippen LogP contribution in [0.1, 0.15) is 43.0 Å². The highest BCUT2D eigenvalue weighted by Gasteiger charge is 2.13. The third-order valence-corrected chi connectivity index (χ3v) is 5.62. The summed E-state index contributed by atoms with van der Waals surface area (Å²) in [7, 11) is -3.30. The van der Waals surface area contributed by atoms with E-state index in [4.69, 9.17) is 0 Å². The molecule has 0 saturated carbocycles. The van der Waals surface area contributed by atoms with E-state index in [1.165, 1.54) is 12.8 Å². The van der Waals surface area contributed by atoms with Gasteiger partial charge >= 0.3 is 0 Å². The lowest BCUT2D eigenvalue weighted by atomic mass is 9.96. The van der Waals surface area contributed by atoms with Gasteiger partial charge in [-0.3, -0.25) is 9.52 Å². The lowest BCUT2D eigenvalue weighted by molar-refractivity contribution is 0.0950. The maximum absolute atomic E-state index is 12.1. The van der Waals surface area contributed by atoms with E-state index in [9.17, 15) is 13.2 Å². The summed E-state index contributed by atoms with van der Waals surface area (Å²) in [6.45, 7) is 4.60. The summed E-state index contributed by atoms with van der Waals surface area (Å²) in [4.78, 5) is 12.1. The highest BCUT2D eigenvalue weighted by atomic mass is 35.5.